The number of nitrogens with zero attached hydrogens (tertiary/aromatic N) is 2. The van der Waals surface area contributed by atoms with Crippen molar-refractivity contribution in [2.45, 2.75) is 4.90 Å². The zero-order valence-corrected chi connectivity index (χ0v) is 17.3. The van der Waals surface area contributed by atoms with Gasteiger partial charge in [-0.15, -0.1) is 12.4 Å². The first-order valence-electron chi connectivity index (χ1n) is 8.58. The van der Waals surface area contributed by atoms with Gasteiger partial charge in [-0.25, -0.2) is 12.8 Å². The summed E-state index contributed by atoms with van der Waals surface area (Å²) in [6, 6.07) is 15.2. The maximum Gasteiger partial charge on any atom is 0.264 e. The minimum absolute atomic E-state index is 0. The molecule has 0 amide bonds. The molecule has 0 radical (unpaired) electrons. The van der Waals surface area contributed by atoms with Crippen molar-refractivity contribution in [3.63, 3.8) is 0 Å². The maximum atomic E-state index is 13.1. The molecule has 0 unspecified atom stereocenters. The Bertz CT molecular complexity index is 1020. The van der Waals surface area contributed by atoms with Crippen LogP contribution in [0.3, 0.4) is 0 Å². The van der Waals surface area contributed by atoms with Gasteiger partial charge in [-0.2, -0.15) is 0 Å². The molecule has 0 aliphatic rings. The van der Waals surface area contributed by atoms with Crippen molar-refractivity contribution in [2.75, 3.05) is 29.8 Å². The molecule has 0 atom stereocenters. The van der Waals surface area contributed by atoms with Crippen LogP contribution in [0.5, 0.6) is 5.75 Å². The summed E-state index contributed by atoms with van der Waals surface area (Å²) < 4.78 is 45.4. The number of ether oxygens (including phenoxy) is 1. The summed E-state index contributed by atoms with van der Waals surface area (Å²) in [5.74, 6) is 0.0626. The monoisotopic (exact) mass is 437 g/mol. The highest BCUT2D eigenvalue weighted by Gasteiger charge is 2.21. The Kier molecular flexibility index (Phi) is 7.81. The fraction of sp³-hybridized carbons (Fsp3) is 0.150. The number of aromatic nitrogens is 1. The number of hydrogen-bond acceptors (Lipinski definition) is 5. The van der Waals surface area contributed by atoms with E-state index in [2.05, 4.69) is 10.3 Å². The molecule has 29 heavy (non-hydrogen) atoms. The lowest BCUT2D eigenvalue weighted by Crippen LogP contribution is -2.26. The Labute approximate surface area is 175 Å². The van der Waals surface area contributed by atoms with E-state index in [1.54, 1.807) is 36.7 Å². The van der Waals surface area contributed by atoms with E-state index in [0.717, 1.165) is 22.1 Å². The summed E-state index contributed by atoms with van der Waals surface area (Å²) in [6.45, 7) is 0.984. The number of hydrogen-bond donors (Lipinski definition) is 1. The number of pyridine rings is 1. The molecule has 3 rings (SSSR count). The van der Waals surface area contributed by atoms with Crippen molar-refractivity contribution in [1.82, 2.24) is 4.98 Å². The summed E-state index contributed by atoms with van der Waals surface area (Å²) in [4.78, 5) is 3.97. The Morgan fingerprint density at radius 3 is 2.45 bits per heavy atom. The van der Waals surface area contributed by atoms with Crippen molar-refractivity contribution >= 4 is 33.8 Å². The van der Waals surface area contributed by atoms with Crippen LogP contribution in [0.25, 0.3) is 0 Å². The van der Waals surface area contributed by atoms with E-state index in [1.165, 1.54) is 19.2 Å². The van der Waals surface area contributed by atoms with Gasteiger partial charge >= 0.3 is 0 Å². The van der Waals surface area contributed by atoms with E-state index in [1.807, 2.05) is 12.1 Å². The summed E-state index contributed by atoms with van der Waals surface area (Å²) in [5, 5.41) is 3.20. The van der Waals surface area contributed by atoms with Crippen molar-refractivity contribution in [3.05, 3.63) is 78.9 Å². The van der Waals surface area contributed by atoms with E-state index >= 15 is 0 Å². The van der Waals surface area contributed by atoms with Crippen LogP contribution < -0.4 is 14.4 Å². The standard InChI is InChI=1S/C20H20FN3O3S.ClH/c1-24(28(25,26)20-7-5-16(21)6-8-20)18-3-2-4-19(15-18)27-14-13-23-17-9-11-22-12-10-17;/h2-12,15H,13-14H2,1H3,(H,22,23);1H. The quantitative estimate of drug-likeness (QED) is 0.540. The fourth-order valence-corrected chi connectivity index (χ4v) is 3.69. The SMILES string of the molecule is CN(c1cccc(OCCNc2ccncc2)c1)S(=O)(=O)c1ccc(F)cc1.Cl. The first kappa shape index (κ1) is 22.4. The Morgan fingerprint density at radius 2 is 1.76 bits per heavy atom. The number of benzene rings is 2. The molecule has 1 heterocycles. The van der Waals surface area contributed by atoms with Crippen LogP contribution in [0.1, 0.15) is 0 Å². The highest BCUT2D eigenvalue weighted by atomic mass is 35.5. The normalized spacial score (nSPS) is 10.7. The number of halogens is 2. The molecule has 2 aromatic carbocycles. The maximum absolute atomic E-state index is 13.1. The van der Waals surface area contributed by atoms with Crippen LogP contribution in [0.4, 0.5) is 15.8 Å². The third-order valence-corrected chi connectivity index (χ3v) is 5.83. The highest BCUT2D eigenvalue weighted by molar-refractivity contribution is 7.92. The topological polar surface area (TPSA) is 71.5 Å². The van der Waals surface area contributed by atoms with Gasteiger partial charge in [-0.05, 0) is 48.5 Å². The lowest BCUT2D eigenvalue weighted by Gasteiger charge is -2.20. The van der Waals surface area contributed by atoms with Gasteiger partial charge in [0.15, 0.2) is 0 Å². The molecule has 154 valence electrons. The van der Waals surface area contributed by atoms with Gasteiger partial charge in [0.25, 0.3) is 10.0 Å². The van der Waals surface area contributed by atoms with Gasteiger partial charge in [0.2, 0.25) is 0 Å². The van der Waals surface area contributed by atoms with Gasteiger partial charge in [0.05, 0.1) is 10.6 Å². The lowest BCUT2D eigenvalue weighted by molar-refractivity contribution is 0.333. The average molecular weight is 438 g/mol. The molecule has 3 aromatic rings. The zero-order valence-electron chi connectivity index (χ0n) is 15.7. The molecule has 1 N–H and O–H groups in total. The van der Waals surface area contributed by atoms with Crippen LogP contribution in [0, 0.1) is 5.82 Å². The van der Waals surface area contributed by atoms with Crippen molar-refractivity contribution in [3.8, 4) is 5.75 Å². The van der Waals surface area contributed by atoms with E-state index in [4.69, 9.17) is 4.74 Å². The molecular formula is C20H21ClFN3O3S. The van der Waals surface area contributed by atoms with Gasteiger partial charge in [0, 0.05) is 37.7 Å². The molecule has 0 bridgehead atoms. The second-order valence-corrected chi connectivity index (χ2v) is 7.90. The van der Waals surface area contributed by atoms with Crippen molar-refractivity contribution in [1.29, 1.82) is 0 Å². The van der Waals surface area contributed by atoms with E-state index < -0.39 is 15.8 Å². The first-order valence-corrected chi connectivity index (χ1v) is 10.0. The average Bonchev–Trinajstić information content (AvgIpc) is 2.72. The van der Waals surface area contributed by atoms with Crippen LogP contribution in [-0.2, 0) is 10.0 Å². The van der Waals surface area contributed by atoms with Gasteiger partial charge in [-0.3, -0.25) is 9.29 Å². The second kappa shape index (κ2) is 10.1. The molecule has 0 saturated carbocycles. The minimum Gasteiger partial charge on any atom is -0.492 e. The Balaban J connectivity index is 0.00000300. The van der Waals surface area contributed by atoms with E-state index in [9.17, 15) is 12.8 Å². The molecule has 9 heteroatoms. The van der Waals surface area contributed by atoms with Crippen LogP contribution in [-0.4, -0.2) is 33.6 Å². The second-order valence-electron chi connectivity index (χ2n) is 5.93. The van der Waals surface area contributed by atoms with Crippen molar-refractivity contribution < 1.29 is 17.5 Å². The third-order valence-electron chi connectivity index (χ3n) is 4.03. The largest absolute Gasteiger partial charge is 0.492 e. The molecule has 0 spiro atoms. The summed E-state index contributed by atoms with van der Waals surface area (Å²) in [6.07, 6.45) is 3.40. The Hall–Kier alpha value is -2.84. The van der Waals surface area contributed by atoms with E-state index in [-0.39, 0.29) is 17.3 Å². The minimum atomic E-state index is -3.79. The smallest absolute Gasteiger partial charge is 0.264 e. The van der Waals surface area contributed by atoms with Gasteiger partial charge in [-0.1, -0.05) is 6.07 Å². The zero-order chi connectivity index (χ0) is 20.0. The summed E-state index contributed by atoms with van der Waals surface area (Å²) in [5.41, 5.74) is 1.39. The molecule has 0 fully saturated rings. The number of sulfonamides is 1. The van der Waals surface area contributed by atoms with Gasteiger partial charge < -0.3 is 10.1 Å². The van der Waals surface area contributed by atoms with Crippen molar-refractivity contribution in [2.24, 2.45) is 0 Å². The first-order chi connectivity index (χ1) is 13.5. The predicted octanol–water partition coefficient (Wildman–Crippen LogP) is 3.96. The third kappa shape index (κ3) is 5.82. The van der Waals surface area contributed by atoms with Gasteiger partial charge in [0.1, 0.15) is 18.2 Å². The molecular weight excluding hydrogens is 417 g/mol. The Morgan fingerprint density at radius 1 is 1.07 bits per heavy atom. The van der Waals surface area contributed by atoms with E-state index in [0.29, 0.717) is 24.6 Å². The molecule has 1 aromatic heterocycles. The predicted molar refractivity (Wildman–Crippen MR) is 114 cm³/mol. The molecule has 0 aliphatic heterocycles. The van der Waals surface area contributed by atoms with Crippen LogP contribution in [0.15, 0.2) is 78.0 Å². The number of anilines is 2. The molecule has 0 saturated heterocycles. The number of rotatable bonds is 8. The summed E-state index contributed by atoms with van der Waals surface area (Å²) >= 11 is 0. The number of nitrogens with one attached hydrogen (secondary N) is 1. The molecule has 6 nitrogen and oxygen atoms in total. The fourth-order valence-electron chi connectivity index (χ4n) is 2.51. The molecule has 0 aliphatic carbocycles. The summed E-state index contributed by atoms with van der Waals surface area (Å²) in [7, 11) is -2.35. The lowest BCUT2D eigenvalue weighted by atomic mass is 10.3. The van der Waals surface area contributed by atoms with Crippen LogP contribution >= 0.6 is 12.4 Å². The van der Waals surface area contributed by atoms with Crippen LogP contribution in [0.2, 0.25) is 0 Å². The highest BCUT2D eigenvalue weighted by Crippen LogP contribution is 2.25.